The maximum absolute atomic E-state index is 13.6. The van der Waals surface area contributed by atoms with Crippen LogP contribution >= 0.6 is 0 Å². The lowest BCUT2D eigenvalue weighted by Gasteiger charge is -2.10. The summed E-state index contributed by atoms with van der Waals surface area (Å²) in [5, 5.41) is 7.56. The van der Waals surface area contributed by atoms with Gasteiger partial charge in [0, 0.05) is 17.5 Å². The van der Waals surface area contributed by atoms with Crippen LogP contribution in [0.25, 0.3) is 21.9 Å². The van der Waals surface area contributed by atoms with Gasteiger partial charge >= 0.3 is 0 Å². The van der Waals surface area contributed by atoms with Crippen molar-refractivity contribution >= 4 is 33.5 Å². The predicted molar refractivity (Wildman–Crippen MR) is 135 cm³/mol. The zero-order valence-corrected chi connectivity index (χ0v) is 20.5. The van der Waals surface area contributed by atoms with Crippen molar-refractivity contribution in [1.82, 2.24) is 24.3 Å². The summed E-state index contributed by atoms with van der Waals surface area (Å²) in [6, 6.07) is 11.3. The normalized spacial score (nSPS) is 11.3. The highest BCUT2D eigenvalue weighted by atomic mass is 16.5. The number of carbonyl (C=O) groups excluding carboxylic acids is 1. The highest BCUT2D eigenvalue weighted by Crippen LogP contribution is 2.29. The van der Waals surface area contributed by atoms with Crippen LogP contribution in [-0.4, -0.2) is 37.3 Å². The second-order valence-electron chi connectivity index (χ2n) is 8.73. The third-order valence-corrected chi connectivity index (χ3v) is 5.97. The molecule has 0 saturated carbocycles. The maximum Gasteiger partial charge on any atom is 0.278 e. The van der Waals surface area contributed by atoms with E-state index in [1.165, 1.54) is 10.9 Å². The molecule has 3 heterocycles. The first-order valence-electron chi connectivity index (χ1n) is 11.6. The molecule has 184 valence electrons. The molecule has 10 heteroatoms. The second kappa shape index (κ2) is 9.29. The van der Waals surface area contributed by atoms with Crippen LogP contribution in [0, 0.1) is 13.8 Å². The number of ether oxygens (including phenoxy) is 1. The number of benzene rings is 2. The molecule has 10 nitrogen and oxygen atoms in total. The standard InChI is InChI=1S/C26H26N6O4/c1-5-21-29-23(36-30-21)13-31-14-27-24-19-11-18(35-4)6-7-20(19)32(25(24)26(31)34)12-22(33)28-17-9-15(2)8-16(3)10-17/h6-11,14H,5,12-13H2,1-4H3,(H,28,33). The first-order chi connectivity index (χ1) is 17.4. The van der Waals surface area contributed by atoms with Crippen molar-refractivity contribution < 1.29 is 14.1 Å². The number of hydrogen-bond donors (Lipinski definition) is 1. The van der Waals surface area contributed by atoms with Crippen molar-refractivity contribution in [1.29, 1.82) is 0 Å². The van der Waals surface area contributed by atoms with Crippen molar-refractivity contribution in [3.8, 4) is 5.75 Å². The van der Waals surface area contributed by atoms with Crippen LogP contribution in [0.15, 0.2) is 52.0 Å². The van der Waals surface area contributed by atoms with Crippen LogP contribution in [0.2, 0.25) is 0 Å². The minimum atomic E-state index is -0.314. The minimum Gasteiger partial charge on any atom is -0.497 e. The lowest BCUT2D eigenvalue weighted by molar-refractivity contribution is -0.116. The van der Waals surface area contributed by atoms with Crippen molar-refractivity contribution in [2.75, 3.05) is 12.4 Å². The number of fused-ring (bicyclic) bond motifs is 3. The monoisotopic (exact) mass is 486 g/mol. The molecule has 5 aromatic rings. The maximum atomic E-state index is 13.6. The fraction of sp³-hybridized carbons (Fsp3) is 0.269. The van der Waals surface area contributed by atoms with Crippen LogP contribution in [0.3, 0.4) is 0 Å². The van der Waals surface area contributed by atoms with E-state index >= 15 is 0 Å². The summed E-state index contributed by atoms with van der Waals surface area (Å²) in [6.45, 7) is 5.88. The number of carbonyl (C=O) groups is 1. The van der Waals surface area contributed by atoms with Gasteiger partial charge in [-0.25, -0.2) is 4.98 Å². The van der Waals surface area contributed by atoms with E-state index < -0.39 is 0 Å². The third-order valence-electron chi connectivity index (χ3n) is 5.97. The van der Waals surface area contributed by atoms with Gasteiger partial charge in [-0.1, -0.05) is 18.1 Å². The summed E-state index contributed by atoms with van der Waals surface area (Å²) in [6.07, 6.45) is 2.08. The second-order valence-corrected chi connectivity index (χ2v) is 8.73. The van der Waals surface area contributed by atoms with Crippen molar-refractivity contribution in [2.24, 2.45) is 0 Å². The zero-order chi connectivity index (χ0) is 25.4. The number of nitrogens with zero attached hydrogens (tertiary/aromatic N) is 5. The Morgan fingerprint density at radius 3 is 2.61 bits per heavy atom. The molecule has 0 aliphatic carbocycles. The number of methoxy groups -OCH3 is 1. The number of aryl methyl sites for hydroxylation is 3. The van der Waals surface area contributed by atoms with E-state index in [0.717, 1.165) is 16.5 Å². The smallest absolute Gasteiger partial charge is 0.278 e. The van der Waals surface area contributed by atoms with E-state index in [9.17, 15) is 9.59 Å². The first kappa shape index (κ1) is 23.3. The highest BCUT2D eigenvalue weighted by Gasteiger charge is 2.20. The fourth-order valence-electron chi connectivity index (χ4n) is 4.42. The number of aromatic nitrogens is 5. The number of hydrogen-bond acceptors (Lipinski definition) is 7. The minimum absolute atomic E-state index is 0.0687. The number of nitrogens with one attached hydrogen (secondary N) is 1. The topological polar surface area (TPSA) is 117 Å². The van der Waals surface area contributed by atoms with E-state index in [-0.39, 0.29) is 24.6 Å². The summed E-state index contributed by atoms with van der Waals surface area (Å²) < 4.78 is 13.7. The average molecular weight is 487 g/mol. The van der Waals surface area contributed by atoms with E-state index in [1.54, 1.807) is 17.7 Å². The Balaban J connectivity index is 1.59. The van der Waals surface area contributed by atoms with Crippen LogP contribution < -0.4 is 15.6 Å². The van der Waals surface area contributed by atoms with Crippen LogP contribution in [0.4, 0.5) is 5.69 Å². The van der Waals surface area contributed by atoms with Gasteiger partial charge in [0.25, 0.3) is 5.56 Å². The predicted octanol–water partition coefficient (Wildman–Crippen LogP) is 3.61. The van der Waals surface area contributed by atoms with Gasteiger partial charge in [-0.3, -0.25) is 14.2 Å². The molecule has 0 aliphatic heterocycles. The molecule has 0 fully saturated rings. The van der Waals surface area contributed by atoms with E-state index in [1.807, 2.05) is 51.1 Å². The molecule has 2 aromatic carbocycles. The molecule has 0 bridgehead atoms. The molecule has 5 rings (SSSR count). The van der Waals surface area contributed by atoms with Gasteiger partial charge in [-0.05, 0) is 55.3 Å². The number of anilines is 1. The SMILES string of the molecule is CCc1noc(Cn2cnc3c4cc(OC)ccc4n(CC(=O)Nc4cc(C)cc(C)c4)c3c2=O)n1. The molecule has 1 N–H and O–H groups in total. The van der Waals surface area contributed by atoms with Crippen LogP contribution in [0.5, 0.6) is 5.75 Å². The van der Waals surface area contributed by atoms with Gasteiger partial charge in [0.2, 0.25) is 11.8 Å². The summed E-state index contributed by atoms with van der Waals surface area (Å²) in [5.74, 6) is 1.25. The van der Waals surface area contributed by atoms with Gasteiger partial charge in [-0.15, -0.1) is 0 Å². The molecule has 0 saturated heterocycles. The molecule has 0 unspecified atom stereocenters. The van der Waals surface area contributed by atoms with E-state index in [0.29, 0.717) is 46.1 Å². The van der Waals surface area contributed by atoms with Crippen molar-refractivity contribution in [2.45, 2.75) is 40.3 Å². The summed E-state index contributed by atoms with van der Waals surface area (Å²) in [5.41, 5.74) is 4.00. The quantitative estimate of drug-likeness (QED) is 0.373. The zero-order valence-electron chi connectivity index (χ0n) is 20.5. The Labute approximate surface area is 206 Å². The molecule has 0 radical (unpaired) electrons. The molecule has 0 atom stereocenters. The molecule has 0 aliphatic rings. The van der Waals surface area contributed by atoms with Gasteiger partial charge in [0.1, 0.15) is 29.9 Å². The van der Waals surface area contributed by atoms with Crippen LogP contribution in [0.1, 0.15) is 29.8 Å². The van der Waals surface area contributed by atoms with E-state index in [2.05, 4.69) is 20.4 Å². The Bertz CT molecular complexity index is 1640. The Morgan fingerprint density at radius 1 is 1.14 bits per heavy atom. The van der Waals surface area contributed by atoms with Gasteiger partial charge in [0.15, 0.2) is 5.82 Å². The molecule has 0 spiro atoms. The highest BCUT2D eigenvalue weighted by molar-refractivity contribution is 6.07. The number of rotatable bonds is 7. The van der Waals surface area contributed by atoms with Gasteiger partial charge < -0.3 is 19.1 Å². The number of amides is 1. The lowest BCUT2D eigenvalue weighted by Crippen LogP contribution is -2.25. The van der Waals surface area contributed by atoms with Crippen molar-refractivity contribution in [3.63, 3.8) is 0 Å². The summed E-state index contributed by atoms with van der Waals surface area (Å²) in [7, 11) is 1.58. The fourth-order valence-corrected chi connectivity index (χ4v) is 4.42. The van der Waals surface area contributed by atoms with Gasteiger partial charge in [-0.2, -0.15) is 4.98 Å². The summed E-state index contributed by atoms with van der Waals surface area (Å²) >= 11 is 0. The van der Waals surface area contributed by atoms with Crippen LogP contribution in [-0.2, 0) is 24.3 Å². The molecule has 3 aromatic heterocycles. The molecular formula is C26H26N6O4. The van der Waals surface area contributed by atoms with Crippen molar-refractivity contribution in [3.05, 3.63) is 75.9 Å². The largest absolute Gasteiger partial charge is 0.497 e. The summed E-state index contributed by atoms with van der Waals surface area (Å²) in [4.78, 5) is 35.6. The van der Waals surface area contributed by atoms with E-state index in [4.69, 9.17) is 9.26 Å². The molecule has 36 heavy (non-hydrogen) atoms. The van der Waals surface area contributed by atoms with Gasteiger partial charge in [0.05, 0.1) is 19.0 Å². The Kier molecular flexibility index (Phi) is 6.01. The Hall–Kier alpha value is -4.47. The Morgan fingerprint density at radius 2 is 1.92 bits per heavy atom. The average Bonchev–Trinajstić information content (AvgIpc) is 3.42. The third kappa shape index (κ3) is 4.33. The molecule has 1 amide bonds. The lowest BCUT2D eigenvalue weighted by atomic mass is 10.1. The first-order valence-corrected chi connectivity index (χ1v) is 11.6. The molecular weight excluding hydrogens is 460 g/mol.